The third-order valence-corrected chi connectivity index (χ3v) is 4.66. The second-order valence-corrected chi connectivity index (χ2v) is 6.57. The predicted molar refractivity (Wildman–Crippen MR) is 86.8 cm³/mol. The van der Waals surface area contributed by atoms with E-state index >= 15 is 0 Å². The Labute approximate surface area is 135 Å². The normalized spacial score (nSPS) is 18.8. The molecule has 1 amide bonds. The van der Waals surface area contributed by atoms with E-state index < -0.39 is 0 Å². The van der Waals surface area contributed by atoms with Crippen molar-refractivity contribution in [1.29, 1.82) is 0 Å². The van der Waals surface area contributed by atoms with Gasteiger partial charge in [0, 0.05) is 18.0 Å². The quantitative estimate of drug-likeness (QED) is 0.781. The van der Waals surface area contributed by atoms with Crippen molar-refractivity contribution in [1.82, 2.24) is 5.32 Å². The van der Waals surface area contributed by atoms with E-state index in [1.807, 2.05) is 25.1 Å². The molecule has 1 saturated heterocycles. The number of thioether (sulfide) groups is 1. The van der Waals surface area contributed by atoms with Crippen LogP contribution in [0.2, 0.25) is 0 Å². The number of hydrogen-bond acceptors (Lipinski definition) is 5. The Kier molecular flexibility index (Phi) is 6.39. The van der Waals surface area contributed by atoms with Crippen LogP contribution in [0.1, 0.15) is 19.8 Å². The Morgan fingerprint density at radius 3 is 2.82 bits per heavy atom. The molecule has 2 atom stereocenters. The molecule has 1 N–H and O–H groups in total. The van der Waals surface area contributed by atoms with Crippen molar-refractivity contribution in [2.24, 2.45) is 0 Å². The third-order valence-electron chi connectivity index (χ3n) is 3.57. The minimum atomic E-state index is -0.181. The average Bonchev–Trinajstić information content (AvgIpc) is 3.05. The summed E-state index contributed by atoms with van der Waals surface area (Å²) in [4.78, 5) is 13.1. The fourth-order valence-corrected chi connectivity index (χ4v) is 3.23. The van der Waals surface area contributed by atoms with E-state index in [0.29, 0.717) is 18.0 Å². The van der Waals surface area contributed by atoms with E-state index in [4.69, 9.17) is 14.2 Å². The molecule has 1 aliphatic rings. The molecule has 1 heterocycles. The van der Waals surface area contributed by atoms with Crippen LogP contribution in [0.15, 0.2) is 23.1 Å². The lowest BCUT2D eigenvalue weighted by Gasteiger charge is -2.15. The molecular weight excluding hydrogens is 302 g/mol. The minimum Gasteiger partial charge on any atom is -0.493 e. The number of methoxy groups -OCH3 is 2. The van der Waals surface area contributed by atoms with E-state index in [2.05, 4.69) is 5.32 Å². The highest BCUT2D eigenvalue weighted by Gasteiger charge is 2.19. The van der Waals surface area contributed by atoms with Crippen LogP contribution in [0, 0.1) is 0 Å². The molecule has 0 aliphatic carbocycles. The van der Waals surface area contributed by atoms with Gasteiger partial charge in [0.25, 0.3) is 0 Å². The molecule has 2 rings (SSSR count). The lowest BCUT2D eigenvalue weighted by molar-refractivity contribution is -0.120. The lowest BCUT2D eigenvalue weighted by Crippen LogP contribution is -2.36. The van der Waals surface area contributed by atoms with Crippen LogP contribution in [0.5, 0.6) is 11.5 Å². The van der Waals surface area contributed by atoms with Crippen LogP contribution in [-0.2, 0) is 9.53 Å². The molecule has 0 unspecified atom stereocenters. The zero-order valence-corrected chi connectivity index (χ0v) is 14.1. The maximum absolute atomic E-state index is 12.1. The first kappa shape index (κ1) is 17.0. The fourth-order valence-electron chi connectivity index (χ4n) is 2.31. The largest absolute Gasteiger partial charge is 0.493 e. The summed E-state index contributed by atoms with van der Waals surface area (Å²) in [7, 11) is 3.20. The van der Waals surface area contributed by atoms with Gasteiger partial charge in [-0.05, 0) is 38.0 Å². The monoisotopic (exact) mass is 325 g/mol. The second-order valence-electron chi connectivity index (χ2n) is 5.16. The Hall–Kier alpha value is -1.40. The van der Waals surface area contributed by atoms with Crippen molar-refractivity contribution >= 4 is 17.7 Å². The van der Waals surface area contributed by atoms with Gasteiger partial charge in [0.05, 0.1) is 25.6 Å². The summed E-state index contributed by atoms with van der Waals surface area (Å²) in [5, 5.41) is 2.77. The summed E-state index contributed by atoms with van der Waals surface area (Å²) < 4.78 is 16.0. The van der Waals surface area contributed by atoms with Crippen LogP contribution in [0.4, 0.5) is 0 Å². The van der Waals surface area contributed by atoms with Gasteiger partial charge in [0.2, 0.25) is 5.91 Å². The van der Waals surface area contributed by atoms with Crippen LogP contribution in [0.25, 0.3) is 0 Å². The van der Waals surface area contributed by atoms with E-state index in [1.165, 1.54) is 11.8 Å². The Bertz CT molecular complexity index is 503. The van der Waals surface area contributed by atoms with Gasteiger partial charge >= 0.3 is 0 Å². The molecular formula is C16H23NO4S. The average molecular weight is 325 g/mol. The van der Waals surface area contributed by atoms with Crippen molar-refractivity contribution in [3.8, 4) is 11.5 Å². The SMILES string of the molecule is COc1ccc(S[C@@H](C)C(=O)NC[C@@H]2CCCO2)cc1OC. The fraction of sp³-hybridized carbons (Fsp3) is 0.562. The molecule has 1 aromatic rings. The summed E-state index contributed by atoms with van der Waals surface area (Å²) in [5.74, 6) is 1.37. The Morgan fingerprint density at radius 1 is 1.41 bits per heavy atom. The van der Waals surface area contributed by atoms with Gasteiger partial charge in [0.15, 0.2) is 11.5 Å². The topological polar surface area (TPSA) is 56.8 Å². The summed E-state index contributed by atoms with van der Waals surface area (Å²) in [5.41, 5.74) is 0. The molecule has 5 nitrogen and oxygen atoms in total. The number of benzene rings is 1. The van der Waals surface area contributed by atoms with Crippen molar-refractivity contribution in [2.45, 2.75) is 36.0 Å². The van der Waals surface area contributed by atoms with E-state index in [1.54, 1.807) is 14.2 Å². The van der Waals surface area contributed by atoms with Gasteiger partial charge in [-0.1, -0.05) is 0 Å². The number of rotatable bonds is 7. The minimum absolute atomic E-state index is 0.0234. The number of carbonyl (C=O) groups excluding carboxylic acids is 1. The Balaban J connectivity index is 1.87. The van der Waals surface area contributed by atoms with Crippen LogP contribution in [-0.4, -0.2) is 44.6 Å². The highest BCUT2D eigenvalue weighted by molar-refractivity contribution is 8.00. The first-order chi connectivity index (χ1) is 10.6. The second kappa shape index (κ2) is 8.29. The summed E-state index contributed by atoms with van der Waals surface area (Å²) in [6.45, 7) is 3.29. The highest BCUT2D eigenvalue weighted by atomic mass is 32.2. The number of ether oxygens (including phenoxy) is 3. The standard InChI is InChI=1S/C16H23NO4S/c1-11(16(18)17-10-12-5-4-8-21-12)22-13-6-7-14(19-2)15(9-13)20-3/h6-7,9,11-12H,4-5,8,10H2,1-3H3,(H,17,18)/t11-,12-/m0/s1. The van der Waals surface area contributed by atoms with E-state index in [9.17, 15) is 4.79 Å². The zero-order valence-electron chi connectivity index (χ0n) is 13.3. The summed E-state index contributed by atoms with van der Waals surface area (Å²) in [6.07, 6.45) is 2.27. The van der Waals surface area contributed by atoms with Crippen molar-refractivity contribution in [2.75, 3.05) is 27.4 Å². The summed E-state index contributed by atoms with van der Waals surface area (Å²) >= 11 is 1.49. The first-order valence-corrected chi connectivity index (χ1v) is 8.30. The van der Waals surface area contributed by atoms with Crippen molar-refractivity contribution in [3.63, 3.8) is 0 Å². The molecule has 1 fully saturated rings. The van der Waals surface area contributed by atoms with Crippen LogP contribution in [0.3, 0.4) is 0 Å². The zero-order chi connectivity index (χ0) is 15.9. The molecule has 0 bridgehead atoms. The number of hydrogen-bond donors (Lipinski definition) is 1. The lowest BCUT2D eigenvalue weighted by atomic mass is 10.2. The van der Waals surface area contributed by atoms with Crippen molar-refractivity contribution in [3.05, 3.63) is 18.2 Å². The molecule has 1 aromatic carbocycles. The molecule has 22 heavy (non-hydrogen) atoms. The maximum Gasteiger partial charge on any atom is 0.233 e. The molecule has 122 valence electrons. The highest BCUT2D eigenvalue weighted by Crippen LogP contribution is 2.33. The van der Waals surface area contributed by atoms with E-state index in [0.717, 1.165) is 24.3 Å². The maximum atomic E-state index is 12.1. The molecule has 6 heteroatoms. The van der Waals surface area contributed by atoms with Gasteiger partial charge in [-0.3, -0.25) is 4.79 Å². The van der Waals surface area contributed by atoms with Gasteiger partial charge in [-0.15, -0.1) is 11.8 Å². The summed E-state index contributed by atoms with van der Waals surface area (Å²) in [6, 6.07) is 5.65. The van der Waals surface area contributed by atoms with Gasteiger partial charge < -0.3 is 19.5 Å². The van der Waals surface area contributed by atoms with Crippen LogP contribution < -0.4 is 14.8 Å². The smallest absolute Gasteiger partial charge is 0.233 e. The third kappa shape index (κ3) is 4.55. The van der Waals surface area contributed by atoms with Gasteiger partial charge in [-0.25, -0.2) is 0 Å². The molecule has 0 aromatic heterocycles. The number of carbonyl (C=O) groups is 1. The molecule has 0 radical (unpaired) electrons. The van der Waals surface area contributed by atoms with Crippen molar-refractivity contribution < 1.29 is 19.0 Å². The Morgan fingerprint density at radius 2 is 2.18 bits per heavy atom. The van der Waals surface area contributed by atoms with Crippen LogP contribution >= 0.6 is 11.8 Å². The number of nitrogens with one attached hydrogen (secondary N) is 1. The molecule has 0 spiro atoms. The first-order valence-electron chi connectivity index (χ1n) is 7.42. The molecule has 0 saturated carbocycles. The van der Waals surface area contributed by atoms with E-state index in [-0.39, 0.29) is 17.3 Å². The van der Waals surface area contributed by atoms with Gasteiger partial charge in [0.1, 0.15) is 0 Å². The molecule has 1 aliphatic heterocycles. The number of amides is 1. The van der Waals surface area contributed by atoms with Gasteiger partial charge in [-0.2, -0.15) is 0 Å². The predicted octanol–water partition coefficient (Wildman–Crippen LogP) is 2.48.